The van der Waals surface area contributed by atoms with Crippen LogP contribution in [0.5, 0.6) is 17.2 Å². The second-order valence-corrected chi connectivity index (χ2v) is 5.56. The van der Waals surface area contributed by atoms with Crippen LogP contribution < -0.4 is 19.9 Å². The van der Waals surface area contributed by atoms with Gasteiger partial charge in [0.05, 0.1) is 20.3 Å². The Kier molecular flexibility index (Phi) is 6.94. The van der Waals surface area contributed by atoms with Gasteiger partial charge in [-0.15, -0.1) is 0 Å². The van der Waals surface area contributed by atoms with Gasteiger partial charge in [0, 0.05) is 5.92 Å². The van der Waals surface area contributed by atoms with Gasteiger partial charge in [-0.3, -0.25) is 0 Å². The summed E-state index contributed by atoms with van der Waals surface area (Å²) in [7, 11) is 1.65. The Morgan fingerprint density at radius 2 is 1.75 bits per heavy atom. The first-order valence-electron chi connectivity index (χ1n) is 8.44. The highest BCUT2D eigenvalue weighted by Crippen LogP contribution is 2.31. The Balaban J connectivity index is 2.20. The first kappa shape index (κ1) is 18.1. The van der Waals surface area contributed by atoms with Gasteiger partial charge in [0.1, 0.15) is 5.75 Å². The molecule has 0 aliphatic heterocycles. The summed E-state index contributed by atoms with van der Waals surface area (Å²) in [6, 6.07) is 14.2. The molecule has 2 rings (SSSR count). The smallest absolute Gasteiger partial charge is 0.161 e. The van der Waals surface area contributed by atoms with Crippen LogP contribution >= 0.6 is 0 Å². The number of hydrogen-bond donors (Lipinski definition) is 1. The van der Waals surface area contributed by atoms with Gasteiger partial charge in [0.2, 0.25) is 0 Å². The lowest BCUT2D eigenvalue weighted by atomic mass is 9.92. The van der Waals surface area contributed by atoms with Crippen LogP contribution in [0.4, 0.5) is 0 Å². The fourth-order valence-electron chi connectivity index (χ4n) is 2.76. The average molecular weight is 329 g/mol. The van der Waals surface area contributed by atoms with Crippen molar-refractivity contribution in [2.45, 2.75) is 26.2 Å². The molecule has 0 aromatic heterocycles. The Morgan fingerprint density at radius 3 is 2.42 bits per heavy atom. The van der Waals surface area contributed by atoms with Crippen molar-refractivity contribution < 1.29 is 14.2 Å². The van der Waals surface area contributed by atoms with Crippen molar-refractivity contribution in [1.82, 2.24) is 0 Å². The zero-order valence-corrected chi connectivity index (χ0v) is 14.7. The Hall–Kier alpha value is -2.20. The zero-order chi connectivity index (χ0) is 17.4. The lowest BCUT2D eigenvalue weighted by Crippen LogP contribution is -2.15. The SMILES string of the molecule is CCOc1cccc(C(CN)Cc2ccc(OC)c(OCC)c2)c1. The maximum absolute atomic E-state index is 6.03. The molecule has 4 heteroatoms. The molecule has 2 aromatic rings. The molecule has 2 aromatic carbocycles. The van der Waals surface area contributed by atoms with E-state index in [4.69, 9.17) is 19.9 Å². The Morgan fingerprint density at radius 1 is 0.958 bits per heavy atom. The standard InChI is InChI=1S/C20H27NO3/c1-4-23-18-8-6-7-16(13-18)17(14-21)11-15-9-10-19(22-3)20(12-15)24-5-2/h6-10,12-13,17H,4-5,11,14,21H2,1-3H3. The minimum Gasteiger partial charge on any atom is -0.494 e. The second kappa shape index (κ2) is 9.18. The third-order valence-electron chi connectivity index (χ3n) is 3.93. The molecule has 0 radical (unpaired) electrons. The molecular weight excluding hydrogens is 302 g/mol. The van der Waals surface area contributed by atoms with Crippen molar-refractivity contribution in [3.63, 3.8) is 0 Å². The number of methoxy groups -OCH3 is 1. The highest BCUT2D eigenvalue weighted by atomic mass is 16.5. The highest BCUT2D eigenvalue weighted by Gasteiger charge is 2.14. The molecule has 0 saturated carbocycles. The molecule has 0 bridgehead atoms. The first-order valence-corrected chi connectivity index (χ1v) is 8.44. The quantitative estimate of drug-likeness (QED) is 0.761. The van der Waals surface area contributed by atoms with Gasteiger partial charge in [0.15, 0.2) is 11.5 Å². The predicted molar refractivity (Wildman–Crippen MR) is 97.3 cm³/mol. The van der Waals surface area contributed by atoms with Crippen LogP contribution in [0.1, 0.15) is 30.9 Å². The van der Waals surface area contributed by atoms with Crippen LogP contribution in [0.2, 0.25) is 0 Å². The first-order chi connectivity index (χ1) is 11.7. The third-order valence-corrected chi connectivity index (χ3v) is 3.93. The van der Waals surface area contributed by atoms with E-state index in [1.165, 1.54) is 11.1 Å². The normalized spacial score (nSPS) is 11.8. The molecule has 0 saturated heterocycles. The summed E-state index contributed by atoms with van der Waals surface area (Å²) < 4.78 is 16.6. The number of benzene rings is 2. The molecule has 0 spiro atoms. The summed E-state index contributed by atoms with van der Waals surface area (Å²) in [5.74, 6) is 2.64. The topological polar surface area (TPSA) is 53.7 Å². The number of hydrogen-bond acceptors (Lipinski definition) is 4. The zero-order valence-electron chi connectivity index (χ0n) is 14.7. The van der Waals surface area contributed by atoms with Gasteiger partial charge in [-0.2, -0.15) is 0 Å². The highest BCUT2D eigenvalue weighted by molar-refractivity contribution is 5.43. The molecular formula is C20H27NO3. The monoisotopic (exact) mass is 329 g/mol. The second-order valence-electron chi connectivity index (χ2n) is 5.56. The maximum atomic E-state index is 6.03. The molecule has 0 heterocycles. The number of nitrogens with two attached hydrogens (primary N) is 1. The van der Waals surface area contributed by atoms with Crippen molar-refractivity contribution in [3.8, 4) is 17.2 Å². The molecule has 4 nitrogen and oxygen atoms in total. The van der Waals surface area contributed by atoms with Gasteiger partial charge < -0.3 is 19.9 Å². The van der Waals surface area contributed by atoms with Crippen LogP contribution in [-0.4, -0.2) is 26.9 Å². The van der Waals surface area contributed by atoms with Crippen LogP contribution in [0.15, 0.2) is 42.5 Å². The van der Waals surface area contributed by atoms with E-state index in [2.05, 4.69) is 18.2 Å². The molecule has 0 amide bonds. The van der Waals surface area contributed by atoms with E-state index in [-0.39, 0.29) is 5.92 Å². The molecule has 24 heavy (non-hydrogen) atoms. The fourth-order valence-corrected chi connectivity index (χ4v) is 2.76. The van der Waals surface area contributed by atoms with Crippen LogP contribution in [0, 0.1) is 0 Å². The number of rotatable bonds is 9. The van der Waals surface area contributed by atoms with E-state index in [1.807, 2.05) is 38.1 Å². The van der Waals surface area contributed by atoms with Crippen LogP contribution in [-0.2, 0) is 6.42 Å². The van der Waals surface area contributed by atoms with E-state index in [0.29, 0.717) is 19.8 Å². The van der Waals surface area contributed by atoms with Gasteiger partial charge >= 0.3 is 0 Å². The lowest BCUT2D eigenvalue weighted by molar-refractivity contribution is 0.310. The van der Waals surface area contributed by atoms with Crippen molar-refractivity contribution in [2.24, 2.45) is 5.73 Å². The predicted octanol–water partition coefficient (Wildman–Crippen LogP) is 3.78. The summed E-state index contributed by atoms with van der Waals surface area (Å²) >= 11 is 0. The Bertz CT molecular complexity index is 643. The molecule has 1 atom stereocenters. The average Bonchev–Trinajstić information content (AvgIpc) is 2.61. The molecule has 0 aliphatic carbocycles. The lowest BCUT2D eigenvalue weighted by Gasteiger charge is -2.18. The van der Waals surface area contributed by atoms with Crippen LogP contribution in [0.25, 0.3) is 0 Å². The molecule has 130 valence electrons. The van der Waals surface area contributed by atoms with Gasteiger partial charge in [-0.25, -0.2) is 0 Å². The third kappa shape index (κ3) is 4.65. The minimum atomic E-state index is 0.230. The van der Waals surface area contributed by atoms with Crippen molar-refractivity contribution >= 4 is 0 Å². The fraction of sp³-hybridized carbons (Fsp3) is 0.400. The summed E-state index contributed by atoms with van der Waals surface area (Å²) in [5, 5.41) is 0. The van der Waals surface area contributed by atoms with Crippen molar-refractivity contribution in [3.05, 3.63) is 53.6 Å². The van der Waals surface area contributed by atoms with Gasteiger partial charge in [-0.05, 0) is 62.2 Å². The van der Waals surface area contributed by atoms with Crippen molar-refractivity contribution in [2.75, 3.05) is 26.9 Å². The maximum Gasteiger partial charge on any atom is 0.161 e. The Labute approximate surface area is 144 Å². The van der Waals surface area contributed by atoms with Crippen molar-refractivity contribution in [1.29, 1.82) is 0 Å². The van der Waals surface area contributed by atoms with E-state index in [0.717, 1.165) is 23.7 Å². The molecule has 0 aliphatic rings. The minimum absolute atomic E-state index is 0.230. The summed E-state index contributed by atoms with van der Waals surface area (Å²) in [5.41, 5.74) is 8.40. The van der Waals surface area contributed by atoms with E-state index in [1.54, 1.807) is 7.11 Å². The molecule has 1 unspecified atom stereocenters. The summed E-state index contributed by atoms with van der Waals surface area (Å²) in [4.78, 5) is 0. The molecule has 2 N–H and O–H groups in total. The summed E-state index contributed by atoms with van der Waals surface area (Å²) in [6.07, 6.45) is 0.843. The largest absolute Gasteiger partial charge is 0.494 e. The van der Waals surface area contributed by atoms with Gasteiger partial charge in [0.25, 0.3) is 0 Å². The number of ether oxygens (including phenoxy) is 3. The summed E-state index contributed by atoms with van der Waals surface area (Å²) in [6.45, 7) is 5.79. The molecule has 0 fully saturated rings. The van der Waals surface area contributed by atoms with E-state index in [9.17, 15) is 0 Å². The van der Waals surface area contributed by atoms with Crippen LogP contribution in [0.3, 0.4) is 0 Å². The van der Waals surface area contributed by atoms with Gasteiger partial charge in [-0.1, -0.05) is 18.2 Å². The van der Waals surface area contributed by atoms with E-state index < -0.39 is 0 Å². The van der Waals surface area contributed by atoms with E-state index >= 15 is 0 Å².